The summed E-state index contributed by atoms with van der Waals surface area (Å²) >= 11 is 0. The van der Waals surface area contributed by atoms with Crippen LogP contribution in [0.1, 0.15) is 12.8 Å². The van der Waals surface area contributed by atoms with Crippen molar-refractivity contribution in [3.63, 3.8) is 0 Å². The van der Waals surface area contributed by atoms with E-state index in [9.17, 15) is 8.78 Å². The van der Waals surface area contributed by atoms with Gasteiger partial charge in [-0.25, -0.2) is 33.1 Å². The summed E-state index contributed by atoms with van der Waals surface area (Å²) in [5.41, 5.74) is 0. The van der Waals surface area contributed by atoms with E-state index >= 15 is 0 Å². The third-order valence-corrected chi connectivity index (χ3v) is 2.88. The summed E-state index contributed by atoms with van der Waals surface area (Å²) in [7, 11) is 0. The molecule has 2 aromatic carbocycles. The van der Waals surface area contributed by atoms with Crippen molar-refractivity contribution in [2.45, 2.75) is 12.8 Å². The van der Waals surface area contributed by atoms with Crippen molar-refractivity contribution in [1.29, 1.82) is 0 Å². The standard InChI is InChI=1S/2C6H5FO.2C5H5.Zr/c2*7-5-3-1-2-4-6(5)8;2*1-2-4-5-3-1;/h2*1-4,8H;2*1-3H,4H2;/q;;2*-1;+2. The third kappa shape index (κ3) is 12.7. The molecule has 5 heteroatoms. The molecule has 0 saturated carbocycles. The zero-order chi connectivity index (χ0) is 19.0. The number of phenolic OH excluding ortho intramolecular Hbond substituents is 2. The molecule has 0 radical (unpaired) electrons. The van der Waals surface area contributed by atoms with E-state index in [1.807, 2.05) is 24.3 Å². The van der Waals surface area contributed by atoms with Crippen LogP contribution < -0.4 is 0 Å². The van der Waals surface area contributed by atoms with E-state index in [2.05, 4.69) is 24.3 Å². The average Bonchev–Trinajstić information content (AvgIpc) is 3.39. The molecule has 2 N–H and O–H groups in total. The predicted octanol–water partition coefficient (Wildman–Crippen LogP) is 5.67. The molecule has 0 saturated heterocycles. The Balaban J connectivity index is 0.000000337. The molecule has 0 spiro atoms. The fraction of sp³-hybridized carbons (Fsp3) is 0.0909. The first kappa shape index (κ1) is 24.7. The first-order valence-corrected chi connectivity index (χ1v) is 7.91. The Kier molecular flexibility index (Phi) is 14.6. The maximum absolute atomic E-state index is 12.1. The molecule has 138 valence electrons. The number of halogens is 2. The van der Waals surface area contributed by atoms with E-state index in [0.29, 0.717) is 0 Å². The third-order valence-electron chi connectivity index (χ3n) is 2.88. The predicted molar refractivity (Wildman–Crippen MR) is 99.3 cm³/mol. The summed E-state index contributed by atoms with van der Waals surface area (Å²) in [6.07, 6.45) is 20.0. The molecule has 0 atom stereocenters. The van der Waals surface area contributed by atoms with Crippen LogP contribution in [0.5, 0.6) is 11.5 Å². The molecule has 2 aliphatic carbocycles. The zero-order valence-electron chi connectivity index (χ0n) is 14.6. The maximum Gasteiger partial charge on any atom is 2.00 e. The second kappa shape index (κ2) is 16.0. The molecule has 2 aromatic rings. The van der Waals surface area contributed by atoms with Gasteiger partial charge in [0.25, 0.3) is 0 Å². The minimum Gasteiger partial charge on any atom is -0.505 e. The van der Waals surface area contributed by atoms with Crippen LogP contribution in [0.3, 0.4) is 0 Å². The van der Waals surface area contributed by atoms with E-state index in [1.165, 1.54) is 36.4 Å². The quantitative estimate of drug-likeness (QED) is 0.513. The number of phenols is 2. The average molecular weight is 446 g/mol. The fourth-order valence-corrected chi connectivity index (χ4v) is 1.58. The largest absolute Gasteiger partial charge is 2.00 e. The van der Waals surface area contributed by atoms with E-state index in [-0.39, 0.29) is 37.7 Å². The molecule has 27 heavy (non-hydrogen) atoms. The van der Waals surface area contributed by atoms with Gasteiger partial charge in [-0.3, -0.25) is 12.2 Å². The number of rotatable bonds is 0. The molecule has 2 aliphatic rings. The first-order valence-electron chi connectivity index (χ1n) is 7.91. The van der Waals surface area contributed by atoms with Gasteiger partial charge in [0.1, 0.15) is 0 Å². The van der Waals surface area contributed by atoms with Crippen molar-refractivity contribution in [3.8, 4) is 11.5 Å². The Bertz CT molecular complexity index is 641. The molecule has 0 aromatic heterocycles. The summed E-state index contributed by atoms with van der Waals surface area (Å²) in [5, 5.41) is 17.1. The fourth-order valence-electron chi connectivity index (χ4n) is 1.58. The van der Waals surface area contributed by atoms with Crippen LogP contribution >= 0.6 is 0 Å². The van der Waals surface area contributed by atoms with Gasteiger partial charge in [0.15, 0.2) is 23.1 Å². The van der Waals surface area contributed by atoms with Crippen molar-refractivity contribution >= 4 is 0 Å². The molecule has 4 rings (SSSR count). The summed E-state index contributed by atoms with van der Waals surface area (Å²) in [5.74, 6) is -1.75. The second-order valence-corrected chi connectivity index (χ2v) is 4.91. The van der Waals surface area contributed by atoms with E-state index < -0.39 is 11.6 Å². The number of hydrogen-bond donors (Lipinski definition) is 2. The SMILES string of the molecule is Oc1ccccc1F.Oc1ccccc1F.[C-]1=CC=CC1.[C-]1=CC=CC1.[Zr+2]. The molecule has 0 bridgehead atoms. The van der Waals surface area contributed by atoms with Crippen LogP contribution in [-0.2, 0) is 26.2 Å². The molecular formula is C22H20F2O2Zr. The Morgan fingerprint density at radius 3 is 1.19 bits per heavy atom. The number of hydrogen-bond acceptors (Lipinski definition) is 2. The monoisotopic (exact) mass is 444 g/mol. The van der Waals surface area contributed by atoms with Crippen molar-refractivity contribution in [3.05, 3.63) is 109 Å². The summed E-state index contributed by atoms with van der Waals surface area (Å²) in [6, 6.07) is 11.2. The summed E-state index contributed by atoms with van der Waals surface area (Å²) in [6.45, 7) is 0. The molecule has 0 aliphatic heterocycles. The van der Waals surface area contributed by atoms with Crippen LogP contribution in [0.4, 0.5) is 8.78 Å². The Morgan fingerprint density at radius 2 is 1.04 bits per heavy atom. The summed E-state index contributed by atoms with van der Waals surface area (Å²) in [4.78, 5) is 0. The molecule has 0 heterocycles. The summed E-state index contributed by atoms with van der Waals surface area (Å²) < 4.78 is 24.1. The van der Waals surface area contributed by atoms with Gasteiger partial charge in [-0.15, -0.1) is 12.8 Å². The van der Waals surface area contributed by atoms with Gasteiger partial charge in [-0.1, -0.05) is 24.3 Å². The Morgan fingerprint density at radius 1 is 0.667 bits per heavy atom. The van der Waals surface area contributed by atoms with E-state index in [4.69, 9.17) is 10.2 Å². The topological polar surface area (TPSA) is 40.5 Å². The normalized spacial score (nSPS) is 11.9. The van der Waals surface area contributed by atoms with Gasteiger partial charge in [0.05, 0.1) is 0 Å². The van der Waals surface area contributed by atoms with Gasteiger partial charge in [0, 0.05) is 0 Å². The van der Waals surface area contributed by atoms with Gasteiger partial charge >= 0.3 is 26.2 Å². The van der Waals surface area contributed by atoms with Crippen molar-refractivity contribution in [2.75, 3.05) is 0 Å². The van der Waals surface area contributed by atoms with Gasteiger partial charge in [-0.2, -0.15) is 12.2 Å². The van der Waals surface area contributed by atoms with E-state index in [0.717, 1.165) is 12.8 Å². The second-order valence-electron chi connectivity index (χ2n) is 4.91. The number of allylic oxidation sites excluding steroid dienone is 8. The Labute approximate surface area is 178 Å². The maximum atomic E-state index is 12.1. The van der Waals surface area contributed by atoms with E-state index in [1.54, 1.807) is 12.1 Å². The number of para-hydroxylation sites is 2. The molecular weight excluding hydrogens is 425 g/mol. The number of benzene rings is 2. The van der Waals surface area contributed by atoms with Crippen LogP contribution in [0, 0.1) is 23.8 Å². The minimum atomic E-state index is -0.576. The van der Waals surface area contributed by atoms with Crippen LogP contribution in [0.25, 0.3) is 0 Å². The molecule has 0 amide bonds. The number of aromatic hydroxyl groups is 2. The van der Waals surface area contributed by atoms with Gasteiger partial charge in [0.2, 0.25) is 0 Å². The minimum absolute atomic E-state index is 0. The first-order chi connectivity index (χ1) is 12.6. The zero-order valence-corrected chi connectivity index (χ0v) is 17.1. The smallest absolute Gasteiger partial charge is 0.505 e. The van der Waals surface area contributed by atoms with Crippen LogP contribution in [0.15, 0.2) is 85.0 Å². The van der Waals surface area contributed by atoms with Crippen molar-refractivity contribution in [1.82, 2.24) is 0 Å². The van der Waals surface area contributed by atoms with Crippen molar-refractivity contribution < 1.29 is 45.2 Å². The van der Waals surface area contributed by atoms with Crippen LogP contribution in [0.2, 0.25) is 0 Å². The molecule has 0 fully saturated rings. The van der Waals surface area contributed by atoms with Gasteiger partial charge < -0.3 is 10.2 Å². The Hall–Kier alpha value is -2.26. The van der Waals surface area contributed by atoms with Crippen LogP contribution in [-0.4, -0.2) is 10.2 Å². The van der Waals surface area contributed by atoms with Gasteiger partial charge in [-0.05, 0) is 24.3 Å². The molecule has 2 nitrogen and oxygen atoms in total. The molecule has 0 unspecified atom stereocenters. The van der Waals surface area contributed by atoms with Crippen molar-refractivity contribution in [2.24, 2.45) is 0 Å².